The standard InChI is InChI=1S/C13H18N4OS/c1-13(2)4-7(14)10-8(5-13)17-9-11(18-3)15-6-16-12(9)19-10/h6,11,14,17H,4-5H2,1-3H3,(H,15,16). The van der Waals surface area contributed by atoms with E-state index in [1.165, 1.54) is 0 Å². The molecule has 0 saturated carbocycles. The molecule has 2 heterocycles. The van der Waals surface area contributed by atoms with Gasteiger partial charge in [0, 0.05) is 18.5 Å². The predicted molar refractivity (Wildman–Crippen MR) is 77.9 cm³/mol. The first-order valence-corrected chi connectivity index (χ1v) is 7.13. The van der Waals surface area contributed by atoms with Gasteiger partial charge in [-0.25, -0.2) is 4.99 Å². The van der Waals surface area contributed by atoms with E-state index in [-0.39, 0.29) is 11.6 Å². The fourth-order valence-electron chi connectivity index (χ4n) is 2.66. The molecule has 0 spiro atoms. The Balaban J connectivity index is 1.92. The highest BCUT2D eigenvalue weighted by atomic mass is 32.2. The summed E-state index contributed by atoms with van der Waals surface area (Å²) in [6.45, 7) is 4.40. The number of nitrogens with zero attached hydrogens (tertiary/aromatic N) is 1. The zero-order chi connectivity index (χ0) is 13.6. The highest BCUT2D eigenvalue weighted by Gasteiger charge is 2.36. The first-order valence-electron chi connectivity index (χ1n) is 6.31. The number of hydrogen-bond donors (Lipinski definition) is 3. The molecule has 3 N–H and O–H groups in total. The van der Waals surface area contributed by atoms with E-state index in [2.05, 4.69) is 29.5 Å². The van der Waals surface area contributed by atoms with Gasteiger partial charge in [-0.3, -0.25) is 0 Å². The Hall–Kier alpha value is -1.27. The zero-order valence-electron chi connectivity index (χ0n) is 11.3. The van der Waals surface area contributed by atoms with Crippen LogP contribution in [-0.2, 0) is 4.74 Å². The van der Waals surface area contributed by atoms with Gasteiger partial charge in [0.25, 0.3) is 0 Å². The van der Waals surface area contributed by atoms with E-state index in [1.807, 2.05) is 0 Å². The van der Waals surface area contributed by atoms with Gasteiger partial charge in [-0.2, -0.15) is 0 Å². The summed E-state index contributed by atoms with van der Waals surface area (Å²) in [6, 6.07) is 0. The summed E-state index contributed by atoms with van der Waals surface area (Å²) in [5.41, 5.74) is 2.94. The van der Waals surface area contributed by atoms with Crippen molar-refractivity contribution in [1.29, 1.82) is 5.41 Å². The third kappa shape index (κ3) is 2.19. The topological polar surface area (TPSA) is 69.5 Å². The maximum atomic E-state index is 8.24. The molecule has 0 saturated heterocycles. The average Bonchev–Trinajstić information content (AvgIpc) is 2.35. The Bertz CT molecular complexity index is 533. The maximum Gasteiger partial charge on any atom is 0.192 e. The number of aliphatic imine (C=N–C) groups is 1. The van der Waals surface area contributed by atoms with Crippen LogP contribution in [0.2, 0.25) is 0 Å². The van der Waals surface area contributed by atoms with Crippen molar-refractivity contribution in [2.75, 3.05) is 7.11 Å². The SMILES string of the molecule is COC1N=CNC2=C1NC1=C(S2)C(=N)CC(C)(C)C1. The lowest BCUT2D eigenvalue weighted by atomic mass is 9.78. The van der Waals surface area contributed by atoms with Crippen LogP contribution in [0.4, 0.5) is 0 Å². The molecule has 3 aliphatic rings. The van der Waals surface area contributed by atoms with Gasteiger partial charge in [-0.15, -0.1) is 0 Å². The van der Waals surface area contributed by atoms with Crippen LogP contribution in [0.3, 0.4) is 0 Å². The van der Waals surface area contributed by atoms with Crippen molar-refractivity contribution < 1.29 is 4.74 Å². The van der Waals surface area contributed by atoms with Crippen LogP contribution in [0.25, 0.3) is 0 Å². The van der Waals surface area contributed by atoms with Gasteiger partial charge in [0.05, 0.1) is 16.9 Å². The van der Waals surface area contributed by atoms with E-state index in [0.717, 1.165) is 34.2 Å². The van der Waals surface area contributed by atoms with Crippen molar-refractivity contribution in [2.24, 2.45) is 10.4 Å². The Labute approximate surface area is 117 Å². The van der Waals surface area contributed by atoms with Gasteiger partial charge in [0.15, 0.2) is 6.23 Å². The average molecular weight is 278 g/mol. The Morgan fingerprint density at radius 3 is 3.00 bits per heavy atom. The van der Waals surface area contributed by atoms with Crippen molar-refractivity contribution in [3.05, 3.63) is 21.3 Å². The van der Waals surface area contributed by atoms with Crippen LogP contribution >= 0.6 is 11.8 Å². The molecule has 0 fully saturated rings. The molecule has 2 aliphatic heterocycles. The maximum absolute atomic E-state index is 8.24. The third-order valence-electron chi connectivity index (χ3n) is 3.47. The lowest BCUT2D eigenvalue weighted by Crippen LogP contribution is -2.39. The van der Waals surface area contributed by atoms with Crippen molar-refractivity contribution in [3.8, 4) is 0 Å². The molecule has 0 aromatic heterocycles. The van der Waals surface area contributed by atoms with Crippen molar-refractivity contribution >= 4 is 23.8 Å². The molecule has 6 heteroatoms. The van der Waals surface area contributed by atoms with Gasteiger partial charge in [0.1, 0.15) is 5.03 Å². The number of nitrogens with one attached hydrogen (secondary N) is 3. The second kappa shape index (κ2) is 4.38. The molecule has 102 valence electrons. The normalized spacial score (nSPS) is 28.6. The first kappa shape index (κ1) is 12.7. The number of hydrogen-bond acceptors (Lipinski definition) is 6. The molecule has 5 nitrogen and oxygen atoms in total. The van der Waals surface area contributed by atoms with Crippen LogP contribution in [0.5, 0.6) is 0 Å². The largest absolute Gasteiger partial charge is 0.355 e. The van der Waals surface area contributed by atoms with E-state index in [9.17, 15) is 0 Å². The minimum absolute atomic E-state index is 0.134. The molecule has 1 aliphatic carbocycles. The molecular weight excluding hydrogens is 260 g/mol. The Morgan fingerprint density at radius 2 is 2.26 bits per heavy atom. The number of ether oxygens (including phenoxy) is 1. The monoisotopic (exact) mass is 278 g/mol. The van der Waals surface area contributed by atoms with E-state index in [4.69, 9.17) is 10.1 Å². The van der Waals surface area contributed by atoms with E-state index >= 15 is 0 Å². The number of rotatable bonds is 1. The summed E-state index contributed by atoms with van der Waals surface area (Å²) >= 11 is 1.62. The molecule has 0 amide bonds. The first-order chi connectivity index (χ1) is 9.00. The van der Waals surface area contributed by atoms with Crippen LogP contribution in [0, 0.1) is 10.8 Å². The van der Waals surface area contributed by atoms with Gasteiger partial charge in [-0.05, 0) is 18.3 Å². The highest BCUT2D eigenvalue weighted by molar-refractivity contribution is 8.07. The lowest BCUT2D eigenvalue weighted by Gasteiger charge is -2.38. The van der Waals surface area contributed by atoms with Crippen molar-refractivity contribution in [1.82, 2.24) is 10.6 Å². The molecule has 0 radical (unpaired) electrons. The minimum atomic E-state index is -0.281. The molecule has 1 atom stereocenters. The second-order valence-corrected chi connectivity index (χ2v) is 6.81. The lowest BCUT2D eigenvalue weighted by molar-refractivity contribution is 0.132. The summed E-state index contributed by atoms with van der Waals surface area (Å²) in [5.74, 6) is 0. The fraction of sp³-hybridized carbons (Fsp3) is 0.538. The van der Waals surface area contributed by atoms with Gasteiger partial charge in [-0.1, -0.05) is 25.6 Å². The van der Waals surface area contributed by atoms with Gasteiger partial charge >= 0.3 is 0 Å². The van der Waals surface area contributed by atoms with Crippen molar-refractivity contribution in [3.63, 3.8) is 0 Å². The van der Waals surface area contributed by atoms with Gasteiger partial charge < -0.3 is 20.8 Å². The number of allylic oxidation sites excluding steroid dienone is 2. The second-order valence-electron chi connectivity index (χ2n) is 5.78. The molecular formula is C13H18N4OS. The molecule has 1 unspecified atom stereocenters. The minimum Gasteiger partial charge on any atom is -0.355 e. The summed E-state index contributed by atoms with van der Waals surface area (Å²) in [7, 11) is 1.65. The molecule has 0 aromatic rings. The Kier molecular flexibility index (Phi) is 2.94. The Morgan fingerprint density at radius 1 is 1.47 bits per heavy atom. The van der Waals surface area contributed by atoms with Crippen molar-refractivity contribution in [2.45, 2.75) is 32.9 Å². The summed E-state index contributed by atoms with van der Waals surface area (Å²) < 4.78 is 5.37. The van der Waals surface area contributed by atoms with Crippen LogP contribution in [0.1, 0.15) is 26.7 Å². The summed E-state index contributed by atoms with van der Waals surface area (Å²) in [4.78, 5) is 5.31. The zero-order valence-corrected chi connectivity index (χ0v) is 12.1. The predicted octanol–water partition coefficient (Wildman–Crippen LogP) is 2.15. The van der Waals surface area contributed by atoms with Crippen LogP contribution in [0.15, 0.2) is 26.3 Å². The highest BCUT2D eigenvalue weighted by Crippen LogP contribution is 2.45. The van der Waals surface area contributed by atoms with E-state index in [1.54, 1.807) is 25.2 Å². The van der Waals surface area contributed by atoms with Crippen LogP contribution in [-0.4, -0.2) is 25.4 Å². The molecule has 0 aromatic carbocycles. The van der Waals surface area contributed by atoms with Crippen LogP contribution < -0.4 is 10.6 Å². The molecule has 3 rings (SSSR count). The number of methoxy groups -OCH3 is 1. The number of thioether (sulfide) groups is 1. The molecule has 0 bridgehead atoms. The smallest absolute Gasteiger partial charge is 0.192 e. The van der Waals surface area contributed by atoms with Gasteiger partial charge in [0.2, 0.25) is 0 Å². The van der Waals surface area contributed by atoms with E-state index < -0.39 is 0 Å². The third-order valence-corrected chi connectivity index (χ3v) is 4.71. The molecule has 19 heavy (non-hydrogen) atoms. The fourth-order valence-corrected chi connectivity index (χ4v) is 3.68. The summed E-state index contributed by atoms with van der Waals surface area (Å²) in [5, 5.41) is 15.8. The van der Waals surface area contributed by atoms with E-state index in [0.29, 0.717) is 5.71 Å². The summed E-state index contributed by atoms with van der Waals surface area (Å²) in [6.07, 6.45) is 3.15. The quantitative estimate of drug-likeness (QED) is 0.687.